The van der Waals surface area contributed by atoms with Crippen LogP contribution in [0.1, 0.15) is 39.8 Å². The van der Waals surface area contributed by atoms with Crippen molar-refractivity contribution in [2.75, 3.05) is 6.54 Å². The second kappa shape index (κ2) is 10.6. The molecule has 2 aromatic heterocycles. The van der Waals surface area contributed by atoms with E-state index in [9.17, 15) is 4.79 Å². The Balaban J connectivity index is 1.31. The van der Waals surface area contributed by atoms with Gasteiger partial charge in [0.05, 0.1) is 23.0 Å². The molecule has 0 radical (unpaired) electrons. The highest BCUT2D eigenvalue weighted by atomic mass is 16.1. The first kappa shape index (κ1) is 24.0. The number of rotatable bonds is 6. The lowest BCUT2D eigenvalue weighted by Crippen LogP contribution is -2.40. The van der Waals surface area contributed by atoms with Crippen LogP contribution in [0.5, 0.6) is 0 Å². The third-order valence-corrected chi connectivity index (χ3v) is 7.33. The van der Waals surface area contributed by atoms with Gasteiger partial charge in [0, 0.05) is 37.8 Å². The second-order valence-corrected chi connectivity index (χ2v) is 9.86. The smallest absolute Gasteiger partial charge is 0.259 e. The van der Waals surface area contributed by atoms with Gasteiger partial charge < -0.3 is 0 Å². The first-order valence-corrected chi connectivity index (χ1v) is 13.1. The van der Waals surface area contributed by atoms with Crippen LogP contribution in [-0.4, -0.2) is 26.0 Å². The highest BCUT2D eigenvalue weighted by Crippen LogP contribution is 2.28. The minimum atomic E-state index is -0.225. The van der Waals surface area contributed by atoms with Crippen LogP contribution < -0.4 is 5.56 Å². The predicted molar refractivity (Wildman–Crippen MR) is 151 cm³/mol. The molecule has 0 atom stereocenters. The maximum absolute atomic E-state index is 14.1. The average Bonchev–Trinajstić information content (AvgIpc) is 2.97. The van der Waals surface area contributed by atoms with Crippen molar-refractivity contribution in [1.82, 2.24) is 19.4 Å². The number of benzene rings is 3. The topological polar surface area (TPSA) is 51.0 Å². The van der Waals surface area contributed by atoms with E-state index in [0.29, 0.717) is 6.54 Å². The van der Waals surface area contributed by atoms with Crippen LogP contribution in [0.2, 0.25) is 0 Å². The molecule has 0 aliphatic carbocycles. The molecule has 38 heavy (non-hydrogen) atoms. The van der Waals surface area contributed by atoms with Crippen LogP contribution in [-0.2, 0) is 19.5 Å². The standard InChI is InChI=1S/C33H30N4O/c1-24-35-31-19-21-36(22-25-15-17-26(18-16-25)30-14-8-9-20-34-30)23-29(31)33(38)37(24)32(27-10-4-2-5-11-27)28-12-6-3-7-13-28/h2-18,20,32H,19,21-23H2,1H3. The van der Waals surface area contributed by atoms with Gasteiger partial charge in [-0.3, -0.25) is 19.2 Å². The van der Waals surface area contributed by atoms with Gasteiger partial charge in [-0.05, 0) is 35.7 Å². The Kier molecular flexibility index (Phi) is 6.67. The molecule has 0 fully saturated rings. The fraction of sp³-hybridized carbons (Fsp3) is 0.182. The first-order chi connectivity index (χ1) is 18.7. The summed E-state index contributed by atoms with van der Waals surface area (Å²) in [5.41, 5.74) is 7.25. The molecule has 6 rings (SSSR count). The van der Waals surface area contributed by atoms with Crippen LogP contribution in [0, 0.1) is 6.92 Å². The molecule has 5 heteroatoms. The maximum atomic E-state index is 14.1. The van der Waals surface area contributed by atoms with E-state index in [1.54, 1.807) is 0 Å². The minimum Gasteiger partial charge on any atom is -0.294 e. The van der Waals surface area contributed by atoms with Crippen molar-refractivity contribution in [3.05, 3.63) is 153 Å². The molecule has 3 aromatic carbocycles. The van der Waals surface area contributed by atoms with Crippen LogP contribution in [0.3, 0.4) is 0 Å². The Bertz CT molecular complexity index is 1540. The molecule has 0 amide bonds. The van der Waals surface area contributed by atoms with E-state index in [1.165, 1.54) is 5.56 Å². The van der Waals surface area contributed by atoms with Crippen LogP contribution in [0.25, 0.3) is 11.3 Å². The van der Waals surface area contributed by atoms with Gasteiger partial charge in [-0.1, -0.05) is 91.0 Å². The molecule has 188 valence electrons. The van der Waals surface area contributed by atoms with Crippen molar-refractivity contribution in [2.45, 2.75) is 32.5 Å². The normalized spacial score (nSPS) is 13.4. The Labute approximate surface area is 223 Å². The molecule has 0 N–H and O–H groups in total. The summed E-state index contributed by atoms with van der Waals surface area (Å²) in [5, 5.41) is 0. The van der Waals surface area contributed by atoms with Gasteiger partial charge in [-0.25, -0.2) is 4.98 Å². The predicted octanol–water partition coefficient (Wildman–Crippen LogP) is 5.81. The van der Waals surface area contributed by atoms with Crippen molar-refractivity contribution in [3.8, 4) is 11.3 Å². The maximum Gasteiger partial charge on any atom is 0.259 e. The Hall–Kier alpha value is -4.35. The van der Waals surface area contributed by atoms with Crippen molar-refractivity contribution in [1.29, 1.82) is 0 Å². The minimum absolute atomic E-state index is 0.0559. The summed E-state index contributed by atoms with van der Waals surface area (Å²) in [6.07, 6.45) is 2.59. The first-order valence-electron chi connectivity index (χ1n) is 13.1. The van der Waals surface area contributed by atoms with E-state index in [0.717, 1.165) is 59.0 Å². The molecule has 0 saturated carbocycles. The van der Waals surface area contributed by atoms with Crippen molar-refractivity contribution in [3.63, 3.8) is 0 Å². The van der Waals surface area contributed by atoms with Crippen LogP contribution in [0.15, 0.2) is 114 Å². The second-order valence-electron chi connectivity index (χ2n) is 9.86. The number of aryl methyl sites for hydroxylation is 1. The van der Waals surface area contributed by atoms with E-state index >= 15 is 0 Å². The highest BCUT2D eigenvalue weighted by molar-refractivity contribution is 5.59. The summed E-state index contributed by atoms with van der Waals surface area (Å²) in [5.74, 6) is 0.755. The van der Waals surface area contributed by atoms with Gasteiger partial charge in [0.1, 0.15) is 5.82 Å². The quantitative estimate of drug-likeness (QED) is 0.297. The summed E-state index contributed by atoms with van der Waals surface area (Å²) in [7, 11) is 0. The van der Waals surface area contributed by atoms with Crippen molar-refractivity contribution < 1.29 is 0 Å². The molecular weight excluding hydrogens is 468 g/mol. The molecule has 0 bridgehead atoms. The molecule has 0 unspecified atom stereocenters. The molecular formula is C33H30N4O. The Morgan fingerprint density at radius 2 is 1.47 bits per heavy atom. The summed E-state index contributed by atoms with van der Waals surface area (Å²) in [6.45, 7) is 4.22. The van der Waals surface area contributed by atoms with Gasteiger partial charge in [0.25, 0.3) is 5.56 Å². The zero-order valence-corrected chi connectivity index (χ0v) is 21.5. The van der Waals surface area contributed by atoms with E-state index < -0.39 is 0 Å². The molecule has 3 heterocycles. The zero-order chi connectivity index (χ0) is 25.9. The van der Waals surface area contributed by atoms with Gasteiger partial charge in [0.2, 0.25) is 0 Å². The van der Waals surface area contributed by atoms with Crippen molar-refractivity contribution >= 4 is 0 Å². The fourth-order valence-corrected chi connectivity index (χ4v) is 5.44. The average molecular weight is 499 g/mol. The van der Waals surface area contributed by atoms with E-state index in [4.69, 9.17) is 4.98 Å². The largest absolute Gasteiger partial charge is 0.294 e. The third-order valence-electron chi connectivity index (χ3n) is 7.33. The number of hydrogen-bond acceptors (Lipinski definition) is 4. The SMILES string of the molecule is Cc1nc2c(c(=O)n1C(c1ccccc1)c1ccccc1)CN(Cc1ccc(-c3ccccn3)cc1)CC2. The van der Waals surface area contributed by atoms with Gasteiger partial charge in [-0.15, -0.1) is 0 Å². The molecule has 1 aliphatic rings. The van der Waals surface area contributed by atoms with Crippen LogP contribution >= 0.6 is 0 Å². The molecule has 5 nitrogen and oxygen atoms in total. The fourth-order valence-electron chi connectivity index (χ4n) is 5.44. The highest BCUT2D eigenvalue weighted by Gasteiger charge is 2.27. The molecule has 1 aliphatic heterocycles. The summed E-state index contributed by atoms with van der Waals surface area (Å²) >= 11 is 0. The van der Waals surface area contributed by atoms with Gasteiger partial charge >= 0.3 is 0 Å². The molecule has 0 saturated heterocycles. The van der Waals surface area contributed by atoms with Crippen LogP contribution in [0.4, 0.5) is 0 Å². The van der Waals surface area contributed by atoms with E-state index in [-0.39, 0.29) is 11.6 Å². The van der Waals surface area contributed by atoms with Gasteiger partial charge in [0.15, 0.2) is 0 Å². The lowest BCUT2D eigenvalue weighted by atomic mass is 9.97. The summed E-state index contributed by atoms with van der Waals surface area (Å²) in [6, 6.07) is 34.8. The lowest BCUT2D eigenvalue weighted by molar-refractivity contribution is 0.240. The summed E-state index contributed by atoms with van der Waals surface area (Å²) in [4.78, 5) is 25.9. The van der Waals surface area contributed by atoms with Gasteiger partial charge in [-0.2, -0.15) is 0 Å². The van der Waals surface area contributed by atoms with E-state index in [2.05, 4.69) is 58.4 Å². The Morgan fingerprint density at radius 1 is 0.816 bits per heavy atom. The molecule has 5 aromatic rings. The monoisotopic (exact) mass is 498 g/mol. The summed E-state index contributed by atoms with van der Waals surface area (Å²) < 4.78 is 1.88. The zero-order valence-electron chi connectivity index (χ0n) is 21.5. The third kappa shape index (κ3) is 4.81. The lowest BCUT2D eigenvalue weighted by Gasteiger charge is -2.30. The van der Waals surface area contributed by atoms with E-state index in [1.807, 2.05) is 72.3 Å². The Morgan fingerprint density at radius 3 is 2.11 bits per heavy atom. The number of nitrogens with zero attached hydrogens (tertiary/aromatic N) is 4. The number of aromatic nitrogens is 3. The number of hydrogen-bond donors (Lipinski definition) is 0. The number of pyridine rings is 1. The van der Waals surface area contributed by atoms with Crippen molar-refractivity contribution in [2.24, 2.45) is 0 Å². The number of fused-ring (bicyclic) bond motifs is 1. The molecule has 0 spiro atoms.